The summed E-state index contributed by atoms with van der Waals surface area (Å²) in [6, 6.07) is 12.1. The highest BCUT2D eigenvalue weighted by Gasteiger charge is 2.39. The van der Waals surface area contributed by atoms with E-state index < -0.39 is 16.9 Å². The van der Waals surface area contributed by atoms with Crippen LogP contribution in [0.3, 0.4) is 0 Å². The van der Waals surface area contributed by atoms with Crippen LogP contribution in [0.5, 0.6) is 0 Å². The Morgan fingerprint density at radius 1 is 0.903 bits per heavy atom. The maximum atomic E-state index is 13.5. The van der Waals surface area contributed by atoms with E-state index in [4.69, 9.17) is 34.8 Å². The second kappa shape index (κ2) is 7.89. The molecule has 2 aromatic heterocycles. The highest BCUT2D eigenvalue weighted by molar-refractivity contribution is 6.41. The normalized spacial score (nSPS) is 11.9. The molecule has 2 heterocycles. The molecule has 0 spiro atoms. The van der Waals surface area contributed by atoms with E-state index in [0.717, 1.165) is 11.1 Å². The van der Waals surface area contributed by atoms with Crippen LogP contribution in [0.2, 0.25) is 15.2 Å². The lowest BCUT2D eigenvalue weighted by Crippen LogP contribution is -2.08. The summed E-state index contributed by atoms with van der Waals surface area (Å²) in [5.41, 5.74) is 2.32. The van der Waals surface area contributed by atoms with E-state index >= 15 is 0 Å². The van der Waals surface area contributed by atoms with Crippen molar-refractivity contribution in [1.82, 2.24) is 19.6 Å². The van der Waals surface area contributed by atoms with Gasteiger partial charge in [0.25, 0.3) is 0 Å². The van der Waals surface area contributed by atoms with Gasteiger partial charge in [0.05, 0.1) is 33.3 Å². The number of rotatable bonds is 3. The third kappa shape index (κ3) is 4.05. The van der Waals surface area contributed by atoms with Crippen LogP contribution in [0.4, 0.5) is 13.2 Å². The fourth-order valence-electron chi connectivity index (χ4n) is 3.21. The van der Waals surface area contributed by atoms with Crippen LogP contribution in [0, 0.1) is 13.8 Å². The number of hydrogen-bond acceptors (Lipinski definition) is 2. The van der Waals surface area contributed by atoms with Gasteiger partial charge in [0.2, 0.25) is 0 Å². The Bertz CT molecular complexity index is 1260. The van der Waals surface area contributed by atoms with Gasteiger partial charge in [-0.1, -0.05) is 64.6 Å². The molecule has 31 heavy (non-hydrogen) atoms. The predicted octanol–water partition coefficient (Wildman–Crippen LogP) is 7.32. The fourth-order valence-corrected chi connectivity index (χ4v) is 3.81. The lowest BCUT2D eigenvalue weighted by molar-refractivity contribution is -0.141. The molecule has 0 saturated carbocycles. The maximum absolute atomic E-state index is 13.5. The Balaban J connectivity index is 1.89. The minimum Gasteiger partial charge on any atom is -0.238 e. The van der Waals surface area contributed by atoms with Crippen molar-refractivity contribution in [2.24, 2.45) is 0 Å². The minimum atomic E-state index is -4.70. The molecule has 4 nitrogen and oxygen atoms in total. The molecule has 2 aromatic carbocycles. The molecule has 0 bridgehead atoms. The van der Waals surface area contributed by atoms with Crippen LogP contribution in [-0.2, 0) is 6.18 Å². The van der Waals surface area contributed by atoms with Crippen molar-refractivity contribution in [1.29, 1.82) is 0 Å². The second-order valence-electron chi connectivity index (χ2n) is 6.97. The summed E-state index contributed by atoms with van der Waals surface area (Å²) >= 11 is 18.1. The molecule has 0 aliphatic heterocycles. The Hall–Kier alpha value is -2.48. The SMILES string of the molecule is Cc1ccc(-c2c(Cl)c(C(F)(F)F)nn2-c2ccc(-n3cc(Cl)c(Cl)n3)c(C)c2)cc1. The van der Waals surface area contributed by atoms with Crippen LogP contribution in [-0.4, -0.2) is 19.6 Å². The molecular weight excluding hydrogens is 472 g/mol. The first-order valence-corrected chi connectivity index (χ1v) is 10.1. The van der Waals surface area contributed by atoms with Crippen LogP contribution in [0.1, 0.15) is 16.8 Å². The molecule has 0 fully saturated rings. The monoisotopic (exact) mass is 484 g/mol. The third-order valence-electron chi connectivity index (χ3n) is 4.72. The largest absolute Gasteiger partial charge is 0.436 e. The summed E-state index contributed by atoms with van der Waals surface area (Å²) in [4.78, 5) is 0. The Kier molecular flexibility index (Phi) is 5.54. The van der Waals surface area contributed by atoms with Crippen LogP contribution < -0.4 is 0 Å². The zero-order valence-electron chi connectivity index (χ0n) is 16.2. The van der Waals surface area contributed by atoms with E-state index in [9.17, 15) is 13.2 Å². The molecule has 0 aliphatic rings. The van der Waals surface area contributed by atoms with Crippen molar-refractivity contribution >= 4 is 34.8 Å². The Labute approximate surface area is 190 Å². The van der Waals surface area contributed by atoms with Crippen molar-refractivity contribution in [3.8, 4) is 22.6 Å². The molecule has 0 radical (unpaired) electrons. The highest BCUT2D eigenvalue weighted by Crippen LogP contribution is 2.41. The number of alkyl halides is 3. The van der Waals surface area contributed by atoms with E-state index in [0.29, 0.717) is 22.0 Å². The number of aryl methyl sites for hydroxylation is 2. The molecule has 0 aliphatic carbocycles. The summed E-state index contributed by atoms with van der Waals surface area (Å²) in [6.07, 6.45) is -3.14. The van der Waals surface area contributed by atoms with Gasteiger partial charge in [-0.05, 0) is 37.6 Å². The number of halogens is 6. The lowest BCUT2D eigenvalue weighted by atomic mass is 10.1. The highest BCUT2D eigenvalue weighted by atomic mass is 35.5. The smallest absolute Gasteiger partial charge is 0.238 e. The molecule has 0 saturated heterocycles. The summed E-state index contributed by atoms with van der Waals surface area (Å²) in [6.45, 7) is 3.68. The number of benzene rings is 2. The zero-order chi connectivity index (χ0) is 22.5. The summed E-state index contributed by atoms with van der Waals surface area (Å²) in [7, 11) is 0. The average molecular weight is 486 g/mol. The average Bonchev–Trinajstić information content (AvgIpc) is 3.21. The number of hydrogen-bond donors (Lipinski definition) is 0. The minimum absolute atomic E-state index is 0.153. The molecule has 10 heteroatoms. The quantitative estimate of drug-likeness (QED) is 0.305. The van der Waals surface area contributed by atoms with E-state index in [1.807, 2.05) is 6.92 Å². The van der Waals surface area contributed by atoms with E-state index in [1.54, 1.807) is 55.6 Å². The zero-order valence-corrected chi connectivity index (χ0v) is 18.4. The molecule has 0 N–H and O–H groups in total. The van der Waals surface area contributed by atoms with Gasteiger partial charge in [-0.15, -0.1) is 0 Å². The van der Waals surface area contributed by atoms with Gasteiger partial charge >= 0.3 is 6.18 Å². The van der Waals surface area contributed by atoms with Crippen molar-refractivity contribution in [3.63, 3.8) is 0 Å². The van der Waals surface area contributed by atoms with Gasteiger partial charge in [-0.25, -0.2) is 9.36 Å². The summed E-state index contributed by atoms with van der Waals surface area (Å²) < 4.78 is 43.3. The van der Waals surface area contributed by atoms with Crippen LogP contribution in [0.15, 0.2) is 48.7 Å². The van der Waals surface area contributed by atoms with Crippen molar-refractivity contribution in [3.05, 3.63) is 80.7 Å². The van der Waals surface area contributed by atoms with Crippen LogP contribution in [0.25, 0.3) is 22.6 Å². The predicted molar refractivity (Wildman–Crippen MR) is 116 cm³/mol. The van der Waals surface area contributed by atoms with E-state index in [2.05, 4.69) is 10.2 Å². The topological polar surface area (TPSA) is 35.6 Å². The molecule has 4 aromatic rings. The molecule has 0 unspecified atom stereocenters. The fraction of sp³-hybridized carbons (Fsp3) is 0.143. The van der Waals surface area contributed by atoms with Crippen LogP contribution >= 0.6 is 34.8 Å². The van der Waals surface area contributed by atoms with Gasteiger partial charge in [0.15, 0.2) is 10.8 Å². The Morgan fingerprint density at radius 2 is 1.58 bits per heavy atom. The van der Waals surface area contributed by atoms with Gasteiger partial charge in [0, 0.05) is 5.56 Å². The molecule has 0 atom stereocenters. The van der Waals surface area contributed by atoms with Gasteiger partial charge in [-0.2, -0.15) is 23.4 Å². The van der Waals surface area contributed by atoms with Gasteiger partial charge in [-0.3, -0.25) is 0 Å². The molecule has 4 rings (SSSR count). The lowest BCUT2D eigenvalue weighted by Gasteiger charge is -2.12. The number of aromatic nitrogens is 4. The first-order valence-electron chi connectivity index (χ1n) is 9.01. The first kappa shape index (κ1) is 21.7. The van der Waals surface area contributed by atoms with E-state index in [-0.39, 0.29) is 10.8 Å². The third-order valence-corrected chi connectivity index (χ3v) is 5.73. The second-order valence-corrected chi connectivity index (χ2v) is 8.11. The van der Waals surface area contributed by atoms with Gasteiger partial charge in [0.1, 0.15) is 0 Å². The Morgan fingerprint density at radius 3 is 2.13 bits per heavy atom. The molecular formula is C21H14Cl3F3N4. The summed E-state index contributed by atoms with van der Waals surface area (Å²) in [5.74, 6) is 0. The maximum Gasteiger partial charge on any atom is 0.436 e. The molecule has 0 amide bonds. The molecule has 160 valence electrons. The summed E-state index contributed by atoms with van der Waals surface area (Å²) in [5, 5.41) is 7.92. The van der Waals surface area contributed by atoms with E-state index in [1.165, 1.54) is 9.36 Å². The first-order chi connectivity index (χ1) is 14.6. The van der Waals surface area contributed by atoms with Crippen molar-refractivity contribution in [2.75, 3.05) is 0 Å². The standard InChI is InChI=1S/C21H14Cl3F3N4/c1-11-3-5-13(6-4-11)18-17(23)19(21(25,26)27)28-31(18)14-7-8-16(12(2)9-14)30-10-15(22)20(24)29-30/h3-10H,1-2H3. The van der Waals surface area contributed by atoms with Gasteiger partial charge < -0.3 is 0 Å². The van der Waals surface area contributed by atoms with Crippen molar-refractivity contribution < 1.29 is 13.2 Å². The number of nitrogens with zero attached hydrogens (tertiary/aromatic N) is 4. The van der Waals surface area contributed by atoms with Crippen molar-refractivity contribution in [2.45, 2.75) is 20.0 Å².